The van der Waals surface area contributed by atoms with E-state index < -0.39 is 30.5 Å². The maximum atomic E-state index is 12.9. The van der Waals surface area contributed by atoms with E-state index in [4.69, 9.17) is 14.2 Å². The van der Waals surface area contributed by atoms with Gasteiger partial charge in [-0.05, 0) is 35.6 Å². The van der Waals surface area contributed by atoms with E-state index >= 15 is 0 Å². The van der Waals surface area contributed by atoms with Crippen molar-refractivity contribution in [1.29, 1.82) is 0 Å². The zero-order chi connectivity index (χ0) is 34.5. The molecule has 1 aliphatic carbocycles. The van der Waals surface area contributed by atoms with Crippen LogP contribution in [0.25, 0.3) is 22.3 Å². The molecule has 1 saturated heterocycles. The molecule has 2 aromatic carbocycles. The molecule has 2 aromatic heterocycles. The highest BCUT2D eigenvalue weighted by Crippen LogP contribution is 2.44. The summed E-state index contributed by atoms with van der Waals surface area (Å²) in [6.45, 7) is 1.55. The predicted octanol–water partition coefficient (Wildman–Crippen LogP) is 3.99. The standard InChI is InChI=1S/C35H38N6O8/c1-21(43)13-14-31(45)49-27-16-30(48-28(27)17-42)41-20-38-32-33(36-19-37-34(32)41)39-29(44)12-7-15-40(2)35(46)47-18-26-24-10-5-3-8-22(24)23-9-4-6-11-25(23)26/h3-6,8-11,19-20,26-28,30,42H,7,12-18H2,1-2H3,(H,36,37,39,44)/t27?,28-,30-/m1/s1. The van der Waals surface area contributed by atoms with E-state index in [1.165, 1.54) is 24.5 Å². The number of fused-ring (bicyclic) bond motifs is 4. The van der Waals surface area contributed by atoms with E-state index in [2.05, 4.69) is 44.5 Å². The van der Waals surface area contributed by atoms with E-state index in [-0.39, 0.29) is 62.3 Å². The van der Waals surface area contributed by atoms with Crippen LogP contribution in [0.4, 0.5) is 10.6 Å². The Hall–Kier alpha value is -5.21. The molecule has 14 heteroatoms. The van der Waals surface area contributed by atoms with Crippen molar-refractivity contribution in [2.24, 2.45) is 0 Å². The van der Waals surface area contributed by atoms with E-state index in [0.29, 0.717) is 24.1 Å². The number of esters is 1. The molecule has 1 unspecified atom stereocenters. The van der Waals surface area contributed by atoms with Crippen LogP contribution in [-0.4, -0.2) is 92.3 Å². The van der Waals surface area contributed by atoms with Crippen LogP contribution in [0, 0.1) is 0 Å². The summed E-state index contributed by atoms with van der Waals surface area (Å²) < 4.78 is 18.7. The van der Waals surface area contributed by atoms with Crippen LogP contribution in [0.5, 0.6) is 0 Å². The first-order valence-corrected chi connectivity index (χ1v) is 16.2. The number of hydrogen-bond acceptors (Lipinski definition) is 11. The van der Waals surface area contributed by atoms with Crippen LogP contribution in [0.3, 0.4) is 0 Å². The largest absolute Gasteiger partial charge is 0.459 e. The number of ether oxygens (including phenoxy) is 3. The number of benzene rings is 2. The van der Waals surface area contributed by atoms with Crippen molar-refractivity contribution in [2.45, 2.75) is 63.4 Å². The predicted molar refractivity (Wildman–Crippen MR) is 176 cm³/mol. The van der Waals surface area contributed by atoms with Gasteiger partial charge in [-0.1, -0.05) is 48.5 Å². The van der Waals surface area contributed by atoms with Crippen molar-refractivity contribution in [3.8, 4) is 11.1 Å². The van der Waals surface area contributed by atoms with Gasteiger partial charge in [0, 0.05) is 38.8 Å². The summed E-state index contributed by atoms with van der Waals surface area (Å²) >= 11 is 0. The van der Waals surface area contributed by atoms with Gasteiger partial charge < -0.3 is 34.3 Å². The Bertz CT molecular complexity index is 1820. The number of carbonyl (C=O) groups is 4. The number of aliphatic hydroxyl groups is 1. The van der Waals surface area contributed by atoms with Crippen LogP contribution in [0.15, 0.2) is 61.2 Å². The van der Waals surface area contributed by atoms with Gasteiger partial charge in [0.25, 0.3) is 0 Å². The highest BCUT2D eigenvalue weighted by atomic mass is 16.6. The maximum Gasteiger partial charge on any atom is 0.409 e. The van der Waals surface area contributed by atoms with Crippen molar-refractivity contribution >= 4 is 40.7 Å². The van der Waals surface area contributed by atoms with Crippen LogP contribution in [-0.2, 0) is 28.6 Å². The molecule has 0 radical (unpaired) electrons. The lowest BCUT2D eigenvalue weighted by Crippen LogP contribution is -2.30. The summed E-state index contributed by atoms with van der Waals surface area (Å²) in [5.74, 6) is -0.810. The molecular formula is C35H38N6O8. The number of imidazole rings is 1. The second kappa shape index (κ2) is 14.9. The smallest absolute Gasteiger partial charge is 0.409 e. The summed E-state index contributed by atoms with van der Waals surface area (Å²) in [5.41, 5.74) is 5.29. The van der Waals surface area contributed by atoms with E-state index in [1.807, 2.05) is 24.3 Å². The first-order chi connectivity index (χ1) is 23.7. The molecule has 4 aromatic rings. The molecule has 1 aliphatic heterocycles. The lowest BCUT2D eigenvalue weighted by molar-refractivity contribution is -0.153. The fraction of sp³-hybridized carbons (Fsp3) is 0.400. The third kappa shape index (κ3) is 7.44. The SMILES string of the molecule is CC(=O)CCC(=O)OC1C[C@H](n2cnc3c(NC(=O)CCCN(C)C(=O)OCC4c5ccccc5-c5ccccc54)ncnc32)O[C@@H]1CO. The molecule has 1 fully saturated rings. The normalized spacial score (nSPS) is 18.1. The highest BCUT2D eigenvalue weighted by molar-refractivity contribution is 5.96. The van der Waals surface area contributed by atoms with Gasteiger partial charge in [0.2, 0.25) is 5.91 Å². The number of Topliss-reactive ketones (excluding diaryl/α,β-unsaturated/α-hetero) is 1. The molecule has 0 bridgehead atoms. The topological polar surface area (TPSA) is 175 Å². The average molecular weight is 671 g/mol. The van der Waals surface area contributed by atoms with Crippen LogP contribution in [0.1, 0.15) is 62.3 Å². The number of aromatic nitrogens is 4. The molecule has 2 N–H and O–H groups in total. The number of nitrogens with one attached hydrogen (secondary N) is 1. The lowest BCUT2D eigenvalue weighted by atomic mass is 9.98. The quantitative estimate of drug-likeness (QED) is 0.197. The third-order valence-electron chi connectivity index (χ3n) is 8.80. The number of ketones is 1. The molecule has 2 amide bonds. The molecular weight excluding hydrogens is 632 g/mol. The fourth-order valence-electron chi connectivity index (χ4n) is 6.29. The lowest BCUT2D eigenvalue weighted by Gasteiger charge is -2.19. The van der Waals surface area contributed by atoms with Gasteiger partial charge in [-0.25, -0.2) is 19.7 Å². The minimum atomic E-state index is -0.767. The van der Waals surface area contributed by atoms with Crippen LogP contribution in [0.2, 0.25) is 0 Å². The van der Waals surface area contributed by atoms with Gasteiger partial charge in [0.1, 0.15) is 37.2 Å². The number of anilines is 1. The van der Waals surface area contributed by atoms with Gasteiger partial charge in [0.15, 0.2) is 17.0 Å². The summed E-state index contributed by atoms with van der Waals surface area (Å²) in [6, 6.07) is 16.3. The molecule has 6 rings (SSSR count). The second-order valence-electron chi connectivity index (χ2n) is 12.2. The Morgan fingerprint density at radius 1 is 1.00 bits per heavy atom. The fourth-order valence-corrected chi connectivity index (χ4v) is 6.29. The molecule has 2 aliphatic rings. The summed E-state index contributed by atoms with van der Waals surface area (Å²) in [6.07, 6.45) is 0.929. The first kappa shape index (κ1) is 33.7. The maximum absolute atomic E-state index is 12.9. The summed E-state index contributed by atoms with van der Waals surface area (Å²) in [4.78, 5) is 63.4. The highest BCUT2D eigenvalue weighted by Gasteiger charge is 2.39. The molecule has 3 heterocycles. The zero-order valence-corrected chi connectivity index (χ0v) is 27.3. The minimum Gasteiger partial charge on any atom is -0.459 e. The van der Waals surface area contributed by atoms with E-state index in [0.717, 1.165) is 22.3 Å². The van der Waals surface area contributed by atoms with Gasteiger partial charge in [-0.3, -0.25) is 14.2 Å². The first-order valence-electron chi connectivity index (χ1n) is 16.2. The third-order valence-corrected chi connectivity index (χ3v) is 8.80. The number of rotatable bonds is 13. The number of carbonyl (C=O) groups excluding carboxylic acids is 4. The van der Waals surface area contributed by atoms with Gasteiger partial charge in [0.05, 0.1) is 19.4 Å². The van der Waals surface area contributed by atoms with E-state index in [9.17, 15) is 24.3 Å². The number of hydrogen-bond donors (Lipinski definition) is 2. The molecule has 0 spiro atoms. The Kier molecular flexibility index (Phi) is 10.3. The Morgan fingerprint density at radius 2 is 1.71 bits per heavy atom. The molecule has 256 valence electrons. The van der Waals surface area contributed by atoms with Gasteiger partial charge in [-0.2, -0.15) is 0 Å². The van der Waals surface area contributed by atoms with Crippen molar-refractivity contribution in [3.63, 3.8) is 0 Å². The van der Waals surface area contributed by atoms with Gasteiger partial charge >= 0.3 is 12.1 Å². The number of amides is 2. The minimum absolute atomic E-state index is 0.0392. The summed E-state index contributed by atoms with van der Waals surface area (Å²) in [7, 11) is 1.64. The second-order valence-corrected chi connectivity index (χ2v) is 12.2. The van der Waals surface area contributed by atoms with Crippen molar-refractivity contribution in [2.75, 3.05) is 32.1 Å². The molecule has 0 saturated carbocycles. The van der Waals surface area contributed by atoms with E-state index in [1.54, 1.807) is 11.6 Å². The number of nitrogens with zero attached hydrogens (tertiary/aromatic N) is 5. The molecule has 49 heavy (non-hydrogen) atoms. The monoisotopic (exact) mass is 670 g/mol. The average Bonchev–Trinajstić information content (AvgIpc) is 3.80. The number of aliphatic hydroxyl groups excluding tert-OH is 1. The molecule has 3 atom stereocenters. The van der Waals surface area contributed by atoms with Crippen molar-refractivity contribution in [3.05, 3.63) is 72.3 Å². The summed E-state index contributed by atoms with van der Waals surface area (Å²) in [5, 5.41) is 12.6. The Labute approximate surface area is 282 Å². The van der Waals surface area contributed by atoms with Crippen LogP contribution >= 0.6 is 0 Å². The van der Waals surface area contributed by atoms with Gasteiger partial charge in [-0.15, -0.1) is 0 Å². The van der Waals surface area contributed by atoms with Crippen molar-refractivity contribution in [1.82, 2.24) is 24.4 Å². The Morgan fingerprint density at radius 3 is 2.41 bits per heavy atom. The van der Waals surface area contributed by atoms with Crippen molar-refractivity contribution < 1.29 is 38.5 Å². The zero-order valence-electron chi connectivity index (χ0n) is 27.3. The van der Waals surface area contributed by atoms with Crippen LogP contribution < -0.4 is 5.32 Å². The molecule has 14 nitrogen and oxygen atoms in total. The Balaban J connectivity index is 0.994.